The van der Waals surface area contributed by atoms with Crippen molar-refractivity contribution in [3.8, 4) is 0 Å². The molecule has 6 heteroatoms. The Hall–Kier alpha value is -1.69. The van der Waals surface area contributed by atoms with Crippen LogP contribution in [0, 0.1) is 10.1 Å². The minimum absolute atomic E-state index is 0.0944. The van der Waals surface area contributed by atoms with Crippen molar-refractivity contribution >= 4 is 11.5 Å². The van der Waals surface area contributed by atoms with E-state index >= 15 is 0 Å². The summed E-state index contributed by atoms with van der Waals surface area (Å²) in [5.74, 6) is 0.494. The summed E-state index contributed by atoms with van der Waals surface area (Å²) in [6, 6.07) is 3.55. The minimum atomic E-state index is -0.360. The van der Waals surface area contributed by atoms with Gasteiger partial charge in [0, 0.05) is 31.4 Å². The van der Waals surface area contributed by atoms with E-state index in [1.165, 1.54) is 6.07 Å². The maximum absolute atomic E-state index is 11.0. The molecule has 0 saturated carbocycles. The van der Waals surface area contributed by atoms with Crippen molar-refractivity contribution in [1.82, 2.24) is 9.88 Å². The molecule has 1 fully saturated rings. The van der Waals surface area contributed by atoms with Gasteiger partial charge in [-0.25, -0.2) is 4.98 Å². The fraction of sp³-hybridized carbons (Fsp3) is 0.583. The lowest BCUT2D eigenvalue weighted by Gasteiger charge is -2.36. The van der Waals surface area contributed by atoms with Crippen molar-refractivity contribution in [2.45, 2.75) is 18.9 Å². The number of nitrogens with zero attached hydrogens (tertiary/aromatic N) is 4. The van der Waals surface area contributed by atoms with Crippen LogP contribution in [0.15, 0.2) is 18.3 Å². The first-order valence-electron chi connectivity index (χ1n) is 6.10. The Bertz CT molecular complexity index is 436. The molecule has 0 radical (unpaired) electrons. The summed E-state index contributed by atoms with van der Waals surface area (Å²) in [7, 11) is 4.09. The Labute approximate surface area is 106 Å². The standard InChI is InChI=1S/C12H18N4O2/c1-14(2)10-5-4-8-15(9-10)12-11(16(17)18)6-3-7-13-12/h3,6-7,10H,4-5,8-9H2,1-2H3. The molecule has 0 bridgehead atoms. The fourth-order valence-corrected chi connectivity index (χ4v) is 2.34. The quantitative estimate of drug-likeness (QED) is 0.601. The summed E-state index contributed by atoms with van der Waals surface area (Å²) in [6.07, 6.45) is 3.78. The topological polar surface area (TPSA) is 62.5 Å². The smallest absolute Gasteiger partial charge is 0.311 e. The Morgan fingerprint density at radius 3 is 3.00 bits per heavy atom. The molecule has 18 heavy (non-hydrogen) atoms. The predicted molar refractivity (Wildman–Crippen MR) is 69.8 cm³/mol. The van der Waals surface area contributed by atoms with Crippen molar-refractivity contribution in [2.75, 3.05) is 32.1 Å². The van der Waals surface area contributed by atoms with Crippen molar-refractivity contribution < 1.29 is 4.92 Å². The van der Waals surface area contributed by atoms with Crippen LogP contribution < -0.4 is 4.90 Å². The van der Waals surface area contributed by atoms with E-state index in [4.69, 9.17) is 0 Å². The lowest BCUT2D eigenvalue weighted by molar-refractivity contribution is -0.384. The average molecular weight is 250 g/mol. The maximum Gasteiger partial charge on any atom is 0.311 e. The van der Waals surface area contributed by atoms with Crippen LogP contribution in [0.3, 0.4) is 0 Å². The summed E-state index contributed by atoms with van der Waals surface area (Å²) in [4.78, 5) is 19.0. The third-order valence-electron chi connectivity index (χ3n) is 3.39. The number of rotatable bonds is 3. The molecule has 1 atom stereocenters. The van der Waals surface area contributed by atoms with Crippen LogP contribution in [0.1, 0.15) is 12.8 Å². The molecule has 1 unspecified atom stereocenters. The van der Waals surface area contributed by atoms with Gasteiger partial charge in [-0.3, -0.25) is 10.1 Å². The van der Waals surface area contributed by atoms with E-state index in [1.807, 2.05) is 19.0 Å². The summed E-state index contributed by atoms with van der Waals surface area (Å²) in [5.41, 5.74) is 0.0944. The van der Waals surface area contributed by atoms with E-state index in [9.17, 15) is 10.1 Å². The molecule has 1 aliphatic rings. The summed E-state index contributed by atoms with van der Waals surface area (Å²) in [5, 5.41) is 11.0. The lowest BCUT2D eigenvalue weighted by atomic mass is 10.0. The van der Waals surface area contributed by atoms with Crippen LogP contribution in [0.4, 0.5) is 11.5 Å². The van der Waals surface area contributed by atoms with Gasteiger partial charge in [-0.1, -0.05) is 0 Å². The van der Waals surface area contributed by atoms with Gasteiger partial charge in [-0.15, -0.1) is 0 Å². The molecule has 0 N–H and O–H groups in total. The zero-order chi connectivity index (χ0) is 13.1. The molecule has 1 saturated heterocycles. The lowest BCUT2D eigenvalue weighted by Crippen LogP contribution is -2.45. The van der Waals surface area contributed by atoms with Crippen LogP contribution >= 0.6 is 0 Å². The second-order valence-corrected chi connectivity index (χ2v) is 4.81. The number of nitro groups is 1. The van der Waals surface area contributed by atoms with Crippen LogP contribution in [0.25, 0.3) is 0 Å². The summed E-state index contributed by atoms with van der Waals surface area (Å²) < 4.78 is 0. The number of pyridine rings is 1. The number of hydrogen-bond acceptors (Lipinski definition) is 5. The monoisotopic (exact) mass is 250 g/mol. The van der Waals surface area contributed by atoms with E-state index in [2.05, 4.69) is 9.88 Å². The molecule has 2 heterocycles. The SMILES string of the molecule is CN(C)C1CCCN(c2ncccc2[N+](=O)[O-])C1. The molecule has 0 spiro atoms. The number of aromatic nitrogens is 1. The highest BCUT2D eigenvalue weighted by Gasteiger charge is 2.27. The van der Waals surface area contributed by atoms with Gasteiger partial charge >= 0.3 is 5.69 Å². The van der Waals surface area contributed by atoms with Crippen molar-refractivity contribution in [2.24, 2.45) is 0 Å². The van der Waals surface area contributed by atoms with Gasteiger partial charge in [0.05, 0.1) is 4.92 Å². The number of likely N-dealkylation sites (N-methyl/N-ethyl adjacent to an activating group) is 1. The second kappa shape index (κ2) is 5.30. The van der Waals surface area contributed by atoms with Gasteiger partial charge in [-0.05, 0) is 33.0 Å². The zero-order valence-electron chi connectivity index (χ0n) is 10.7. The molecule has 6 nitrogen and oxygen atoms in total. The van der Waals surface area contributed by atoms with Gasteiger partial charge in [0.1, 0.15) is 0 Å². The fourth-order valence-electron chi connectivity index (χ4n) is 2.34. The maximum atomic E-state index is 11.0. The van der Waals surface area contributed by atoms with Gasteiger partial charge in [-0.2, -0.15) is 0 Å². The molecular formula is C12H18N4O2. The minimum Gasteiger partial charge on any atom is -0.349 e. The van der Waals surface area contributed by atoms with E-state index < -0.39 is 0 Å². The second-order valence-electron chi connectivity index (χ2n) is 4.81. The Kier molecular flexibility index (Phi) is 3.76. The first kappa shape index (κ1) is 12.8. The zero-order valence-corrected chi connectivity index (χ0v) is 10.7. The highest BCUT2D eigenvalue weighted by Crippen LogP contribution is 2.28. The first-order chi connectivity index (χ1) is 8.59. The van der Waals surface area contributed by atoms with Gasteiger partial charge in [0.15, 0.2) is 0 Å². The highest BCUT2D eigenvalue weighted by molar-refractivity contribution is 5.57. The third kappa shape index (κ3) is 2.59. The number of piperidine rings is 1. The molecule has 1 aromatic heterocycles. The van der Waals surface area contributed by atoms with E-state index in [0.29, 0.717) is 11.9 Å². The average Bonchev–Trinajstić information content (AvgIpc) is 2.39. The Morgan fingerprint density at radius 1 is 1.56 bits per heavy atom. The summed E-state index contributed by atoms with van der Waals surface area (Å²) in [6.45, 7) is 1.63. The van der Waals surface area contributed by atoms with Crippen LogP contribution in [0.5, 0.6) is 0 Å². The molecule has 2 rings (SSSR count). The molecule has 1 aliphatic heterocycles. The number of hydrogen-bond donors (Lipinski definition) is 0. The predicted octanol–water partition coefficient (Wildman–Crippen LogP) is 1.52. The van der Waals surface area contributed by atoms with Gasteiger partial charge in [0.25, 0.3) is 0 Å². The van der Waals surface area contributed by atoms with Gasteiger partial charge < -0.3 is 9.80 Å². The molecule has 0 aromatic carbocycles. The molecule has 1 aromatic rings. The van der Waals surface area contributed by atoms with Crippen LogP contribution in [0.2, 0.25) is 0 Å². The van der Waals surface area contributed by atoms with E-state index in [-0.39, 0.29) is 10.6 Å². The number of anilines is 1. The van der Waals surface area contributed by atoms with Crippen molar-refractivity contribution in [3.63, 3.8) is 0 Å². The van der Waals surface area contributed by atoms with Crippen molar-refractivity contribution in [1.29, 1.82) is 0 Å². The normalized spacial score (nSPS) is 20.2. The molecule has 98 valence electrons. The van der Waals surface area contributed by atoms with Crippen molar-refractivity contribution in [3.05, 3.63) is 28.4 Å². The Balaban J connectivity index is 2.23. The largest absolute Gasteiger partial charge is 0.349 e. The highest BCUT2D eigenvalue weighted by atomic mass is 16.6. The van der Waals surface area contributed by atoms with Crippen LogP contribution in [-0.2, 0) is 0 Å². The molecule has 0 amide bonds. The van der Waals surface area contributed by atoms with Crippen LogP contribution in [-0.4, -0.2) is 48.0 Å². The van der Waals surface area contributed by atoms with Gasteiger partial charge in [0.2, 0.25) is 5.82 Å². The Morgan fingerprint density at radius 2 is 2.33 bits per heavy atom. The van der Waals surface area contributed by atoms with E-state index in [0.717, 1.165) is 25.9 Å². The first-order valence-corrected chi connectivity index (χ1v) is 6.10. The molecular weight excluding hydrogens is 232 g/mol. The van der Waals surface area contributed by atoms with E-state index in [1.54, 1.807) is 12.3 Å². The summed E-state index contributed by atoms with van der Waals surface area (Å²) >= 11 is 0. The molecule has 0 aliphatic carbocycles. The third-order valence-corrected chi connectivity index (χ3v) is 3.39.